The Kier molecular flexibility index (Phi) is 3.16. The van der Waals surface area contributed by atoms with Crippen LogP contribution in [0.5, 0.6) is 6.01 Å². The zero-order valence-electron chi connectivity index (χ0n) is 9.13. The molecular formula is C11H14N4O. The van der Waals surface area contributed by atoms with Crippen molar-refractivity contribution in [2.75, 3.05) is 6.61 Å². The van der Waals surface area contributed by atoms with Crippen molar-refractivity contribution in [3.63, 3.8) is 0 Å². The quantitative estimate of drug-likeness (QED) is 0.835. The minimum Gasteiger partial charge on any atom is -0.464 e. The summed E-state index contributed by atoms with van der Waals surface area (Å²) in [5.41, 5.74) is 6.57. The highest BCUT2D eigenvalue weighted by atomic mass is 16.5. The van der Waals surface area contributed by atoms with E-state index in [0.29, 0.717) is 25.0 Å². The van der Waals surface area contributed by atoms with E-state index in [0.717, 1.165) is 5.69 Å². The Morgan fingerprint density at radius 2 is 2.00 bits per heavy atom. The van der Waals surface area contributed by atoms with E-state index in [-0.39, 0.29) is 0 Å². The van der Waals surface area contributed by atoms with Crippen molar-refractivity contribution in [3.05, 3.63) is 36.2 Å². The number of hydrogen-bond acceptors (Lipinski definition) is 4. The summed E-state index contributed by atoms with van der Waals surface area (Å²) in [5.74, 6) is 0.689. The second-order valence-corrected chi connectivity index (χ2v) is 3.21. The van der Waals surface area contributed by atoms with Gasteiger partial charge in [-0.1, -0.05) is 23.3 Å². The van der Waals surface area contributed by atoms with E-state index >= 15 is 0 Å². The zero-order valence-corrected chi connectivity index (χ0v) is 9.13. The van der Waals surface area contributed by atoms with Crippen molar-refractivity contribution in [3.8, 4) is 11.7 Å². The number of rotatable bonds is 4. The molecule has 0 amide bonds. The third-order valence-electron chi connectivity index (χ3n) is 2.17. The monoisotopic (exact) mass is 218 g/mol. The molecule has 16 heavy (non-hydrogen) atoms. The first-order valence-corrected chi connectivity index (χ1v) is 5.19. The van der Waals surface area contributed by atoms with Gasteiger partial charge in [0.1, 0.15) is 0 Å². The van der Waals surface area contributed by atoms with Crippen LogP contribution in [-0.2, 0) is 6.54 Å². The fourth-order valence-electron chi connectivity index (χ4n) is 1.49. The summed E-state index contributed by atoms with van der Waals surface area (Å²) >= 11 is 0. The van der Waals surface area contributed by atoms with Gasteiger partial charge in [-0.25, -0.2) is 4.57 Å². The SMILES string of the molecule is CCOc1nnc(CN)n1-c1ccccc1. The molecule has 1 heterocycles. The summed E-state index contributed by atoms with van der Waals surface area (Å²) < 4.78 is 7.23. The molecule has 5 heteroatoms. The number of ether oxygens (including phenoxy) is 1. The molecule has 2 N–H and O–H groups in total. The van der Waals surface area contributed by atoms with Crippen LogP contribution in [0.15, 0.2) is 30.3 Å². The molecule has 0 bridgehead atoms. The van der Waals surface area contributed by atoms with Crippen LogP contribution in [0, 0.1) is 0 Å². The number of hydrogen-bond donors (Lipinski definition) is 1. The van der Waals surface area contributed by atoms with Gasteiger partial charge in [0, 0.05) is 0 Å². The Morgan fingerprint density at radius 3 is 2.62 bits per heavy atom. The molecule has 0 unspecified atom stereocenters. The van der Waals surface area contributed by atoms with Crippen LogP contribution in [0.25, 0.3) is 5.69 Å². The molecule has 0 aliphatic carbocycles. The summed E-state index contributed by atoms with van der Waals surface area (Å²) in [6.07, 6.45) is 0. The van der Waals surface area contributed by atoms with E-state index in [1.165, 1.54) is 0 Å². The lowest BCUT2D eigenvalue weighted by Crippen LogP contribution is -2.08. The van der Waals surface area contributed by atoms with Crippen LogP contribution in [-0.4, -0.2) is 21.4 Å². The van der Waals surface area contributed by atoms with E-state index < -0.39 is 0 Å². The average Bonchev–Trinajstić information content (AvgIpc) is 2.74. The van der Waals surface area contributed by atoms with E-state index in [1.807, 2.05) is 41.8 Å². The lowest BCUT2D eigenvalue weighted by molar-refractivity contribution is 0.305. The minimum absolute atomic E-state index is 0.328. The lowest BCUT2D eigenvalue weighted by Gasteiger charge is -2.08. The summed E-state index contributed by atoms with van der Waals surface area (Å²) in [6, 6.07) is 10.3. The average molecular weight is 218 g/mol. The highest BCUT2D eigenvalue weighted by molar-refractivity contribution is 5.35. The first-order valence-electron chi connectivity index (χ1n) is 5.19. The second kappa shape index (κ2) is 4.76. The molecule has 2 rings (SSSR count). The topological polar surface area (TPSA) is 66.0 Å². The Labute approximate surface area is 93.9 Å². The molecule has 0 spiro atoms. The third-order valence-corrected chi connectivity index (χ3v) is 2.17. The Balaban J connectivity index is 2.48. The number of nitrogens with two attached hydrogens (primary N) is 1. The van der Waals surface area contributed by atoms with Crippen LogP contribution >= 0.6 is 0 Å². The number of aromatic nitrogens is 3. The zero-order chi connectivity index (χ0) is 11.4. The molecule has 0 atom stereocenters. The standard InChI is InChI=1S/C11H14N4O/c1-2-16-11-14-13-10(8-12)15(11)9-6-4-3-5-7-9/h3-7H,2,8,12H2,1H3. The fraction of sp³-hybridized carbons (Fsp3) is 0.273. The minimum atomic E-state index is 0.328. The molecule has 0 saturated carbocycles. The van der Waals surface area contributed by atoms with E-state index in [2.05, 4.69) is 10.2 Å². The number of benzene rings is 1. The van der Waals surface area contributed by atoms with Crippen molar-refractivity contribution < 1.29 is 4.74 Å². The molecule has 1 aromatic carbocycles. The van der Waals surface area contributed by atoms with Crippen molar-refractivity contribution in [1.29, 1.82) is 0 Å². The van der Waals surface area contributed by atoms with Gasteiger partial charge in [-0.15, -0.1) is 5.10 Å². The van der Waals surface area contributed by atoms with Gasteiger partial charge in [0.2, 0.25) is 0 Å². The van der Waals surface area contributed by atoms with Gasteiger partial charge in [-0.3, -0.25) is 0 Å². The van der Waals surface area contributed by atoms with Gasteiger partial charge in [0.25, 0.3) is 0 Å². The predicted molar refractivity (Wildman–Crippen MR) is 60.4 cm³/mol. The highest BCUT2D eigenvalue weighted by Gasteiger charge is 2.12. The van der Waals surface area contributed by atoms with Gasteiger partial charge in [0.05, 0.1) is 18.8 Å². The summed E-state index contributed by atoms with van der Waals surface area (Å²) in [6.45, 7) is 2.79. The van der Waals surface area contributed by atoms with Gasteiger partial charge in [0.15, 0.2) is 5.82 Å². The van der Waals surface area contributed by atoms with Crippen LogP contribution in [0.4, 0.5) is 0 Å². The van der Waals surface area contributed by atoms with Gasteiger partial charge in [-0.05, 0) is 19.1 Å². The summed E-state index contributed by atoms with van der Waals surface area (Å²) in [7, 11) is 0. The molecule has 1 aromatic heterocycles. The van der Waals surface area contributed by atoms with Crippen LogP contribution in [0.1, 0.15) is 12.7 Å². The van der Waals surface area contributed by atoms with Gasteiger partial charge in [-0.2, -0.15) is 0 Å². The second-order valence-electron chi connectivity index (χ2n) is 3.21. The molecule has 5 nitrogen and oxygen atoms in total. The third kappa shape index (κ3) is 1.90. The summed E-state index contributed by atoms with van der Waals surface area (Å²) in [4.78, 5) is 0. The maximum absolute atomic E-state index is 5.62. The molecule has 2 aromatic rings. The van der Waals surface area contributed by atoms with Crippen LogP contribution in [0.3, 0.4) is 0 Å². The van der Waals surface area contributed by atoms with Crippen molar-refractivity contribution in [2.24, 2.45) is 5.73 Å². The van der Waals surface area contributed by atoms with Crippen molar-refractivity contribution in [1.82, 2.24) is 14.8 Å². The van der Waals surface area contributed by atoms with E-state index in [4.69, 9.17) is 10.5 Å². The van der Waals surface area contributed by atoms with Gasteiger partial charge < -0.3 is 10.5 Å². The first-order chi connectivity index (χ1) is 7.86. The Morgan fingerprint density at radius 1 is 1.25 bits per heavy atom. The normalized spacial score (nSPS) is 10.4. The Hall–Kier alpha value is -1.88. The molecule has 84 valence electrons. The maximum Gasteiger partial charge on any atom is 0.321 e. The number of nitrogens with zero attached hydrogens (tertiary/aromatic N) is 3. The van der Waals surface area contributed by atoms with E-state index in [9.17, 15) is 0 Å². The molecule has 0 radical (unpaired) electrons. The Bertz CT molecular complexity index is 452. The molecule has 0 fully saturated rings. The predicted octanol–water partition coefficient (Wildman–Crippen LogP) is 1.12. The molecule has 0 aliphatic rings. The first kappa shape index (κ1) is 10.6. The molecule has 0 saturated heterocycles. The van der Waals surface area contributed by atoms with E-state index in [1.54, 1.807) is 0 Å². The maximum atomic E-state index is 5.62. The summed E-state index contributed by atoms with van der Waals surface area (Å²) in [5, 5.41) is 7.96. The largest absolute Gasteiger partial charge is 0.464 e. The number of para-hydroxylation sites is 1. The molecular weight excluding hydrogens is 204 g/mol. The molecule has 0 aliphatic heterocycles. The van der Waals surface area contributed by atoms with Crippen LogP contribution < -0.4 is 10.5 Å². The van der Waals surface area contributed by atoms with Crippen LogP contribution in [0.2, 0.25) is 0 Å². The lowest BCUT2D eigenvalue weighted by atomic mass is 10.3. The smallest absolute Gasteiger partial charge is 0.321 e. The van der Waals surface area contributed by atoms with Crippen molar-refractivity contribution >= 4 is 0 Å². The van der Waals surface area contributed by atoms with Crippen molar-refractivity contribution in [2.45, 2.75) is 13.5 Å². The van der Waals surface area contributed by atoms with Gasteiger partial charge >= 0.3 is 6.01 Å². The fourth-order valence-corrected chi connectivity index (χ4v) is 1.49. The highest BCUT2D eigenvalue weighted by Crippen LogP contribution is 2.17.